The average molecular weight is 780 g/mol. The van der Waals surface area contributed by atoms with E-state index < -0.39 is 0 Å². The molecule has 6 N–H and O–H groups in total. The first kappa shape index (κ1) is 40.0. The van der Waals surface area contributed by atoms with Crippen LogP contribution in [0.2, 0.25) is 10.0 Å². The molecule has 1 aliphatic heterocycles. The van der Waals surface area contributed by atoms with Gasteiger partial charge in [0.2, 0.25) is 5.95 Å². The largest absolute Gasteiger partial charge is 0.397 e. The van der Waals surface area contributed by atoms with Crippen molar-refractivity contribution in [1.82, 2.24) is 19.4 Å². The highest BCUT2D eigenvalue weighted by Gasteiger charge is 2.20. The van der Waals surface area contributed by atoms with Crippen LogP contribution in [0.4, 0.5) is 23.0 Å². The fourth-order valence-corrected chi connectivity index (χ4v) is 5.33. The van der Waals surface area contributed by atoms with E-state index in [0.717, 1.165) is 49.1 Å². The van der Waals surface area contributed by atoms with Gasteiger partial charge < -0.3 is 31.3 Å². The number of hydrogen-bond donors (Lipinski definition) is 4. The number of aromatic nitrogens is 3. The molecule has 0 atom stereocenters. The summed E-state index contributed by atoms with van der Waals surface area (Å²) in [7, 11) is 6.09. The molecule has 54 heavy (non-hydrogen) atoms. The number of nitrogens with one attached hydrogen (secondary N) is 2. The summed E-state index contributed by atoms with van der Waals surface area (Å²) in [6.07, 6.45) is 5.99. The number of likely N-dealkylation sites (N-methyl/N-ethyl adjacent to an activating group) is 2. The number of rotatable bonds is 15. The molecule has 0 saturated carbocycles. The van der Waals surface area contributed by atoms with Crippen molar-refractivity contribution in [2.75, 3.05) is 50.2 Å². The molecule has 0 unspecified atom stereocenters. The predicted molar refractivity (Wildman–Crippen MR) is 195 cm³/mol. The van der Waals surface area contributed by atoms with E-state index in [9.17, 15) is 0 Å². The molecule has 28 heteroatoms. The zero-order chi connectivity index (χ0) is 38.7. The molecule has 0 saturated heterocycles. The maximum Gasteiger partial charge on any atom is 0.227 e. The minimum absolute atomic E-state index is 0.409. The van der Waals surface area contributed by atoms with Crippen LogP contribution in [-0.2, 0) is 13.0 Å². The molecular weight excluding hydrogens is 747 g/mol. The number of aryl methyl sites for hydroxylation is 2. The normalized spacial score (nSPS) is 13.4. The van der Waals surface area contributed by atoms with Gasteiger partial charge in [-0.15, -0.1) is 0 Å². The van der Waals surface area contributed by atoms with Gasteiger partial charge in [0.15, 0.2) is 0 Å². The minimum atomic E-state index is 0.409. The van der Waals surface area contributed by atoms with Crippen LogP contribution in [0, 0.1) is 5.53 Å². The number of benzene rings is 2. The third kappa shape index (κ3) is 11.6. The maximum absolute atomic E-state index is 6.63. The molecule has 0 bridgehead atoms. The molecule has 4 aromatic rings. The van der Waals surface area contributed by atoms with Crippen molar-refractivity contribution in [2.45, 2.75) is 19.4 Å². The van der Waals surface area contributed by atoms with E-state index in [1.165, 1.54) is 11.1 Å². The van der Waals surface area contributed by atoms with Gasteiger partial charge in [0.25, 0.3) is 0 Å². The van der Waals surface area contributed by atoms with Crippen molar-refractivity contribution in [3.63, 3.8) is 0 Å². The highest BCUT2D eigenvalue weighted by molar-refractivity contribution is 6.34. The standard InChI is InChI=1S/C26H29Cl2N7.H3N19/c1-33(2)10-11-34(3)23-12-19(27)22(13-21(23)29)31-26-30-14-20(28)24(32-26)18-15-35-9-5-7-16-6-4-8-17(18)25(16)35;1-3-5-7-9-11-13-15-17-19-18-16-14-12-10-8-6-4-2/h4,6,8,12-15H,5,7,9-11,29H2,1-3H3,(H,30,31,32);(H3,1,2,5,6,9,10,13,14,17,18). The first-order valence-electron chi connectivity index (χ1n) is 15.4. The van der Waals surface area contributed by atoms with Gasteiger partial charge in [-0.2, -0.15) is 5.53 Å². The lowest BCUT2D eigenvalue weighted by molar-refractivity contribution is 0.416. The lowest BCUT2D eigenvalue weighted by Crippen LogP contribution is -2.29. The molecule has 5 rings (SSSR count). The van der Waals surface area contributed by atoms with Crippen molar-refractivity contribution >= 4 is 57.1 Å². The van der Waals surface area contributed by atoms with E-state index in [1.807, 2.05) is 33.3 Å². The molecule has 0 fully saturated rings. The summed E-state index contributed by atoms with van der Waals surface area (Å²) in [5.74, 6) is 5.00. The van der Waals surface area contributed by atoms with Gasteiger partial charge in [-0.25, -0.2) is 9.97 Å². The zero-order valence-corrected chi connectivity index (χ0v) is 30.3. The first-order chi connectivity index (χ1) is 26.2. The molecule has 0 amide bonds. The minimum Gasteiger partial charge on any atom is -0.397 e. The smallest absolute Gasteiger partial charge is 0.227 e. The third-order valence-corrected chi connectivity index (χ3v) is 7.73. The second-order valence-corrected chi connectivity index (χ2v) is 11.7. The molecule has 2 aromatic heterocycles. The number of halogens is 2. The molecule has 3 heterocycles. The van der Waals surface area contributed by atoms with Crippen molar-refractivity contribution in [1.29, 1.82) is 5.53 Å². The van der Waals surface area contributed by atoms with Gasteiger partial charge >= 0.3 is 0 Å². The van der Waals surface area contributed by atoms with Gasteiger partial charge in [0.1, 0.15) is 0 Å². The fraction of sp³-hybridized carbons (Fsp3) is 0.308. The summed E-state index contributed by atoms with van der Waals surface area (Å²) in [4.78, 5) is 13.4. The highest BCUT2D eigenvalue weighted by atomic mass is 35.5. The molecular formula is C26H32Cl2N26. The first-order valence-corrected chi connectivity index (χ1v) is 16.1. The Morgan fingerprint density at radius 3 is 2.09 bits per heavy atom. The Balaban J connectivity index is 0.000000293. The topological polar surface area (TPSA) is 335 Å². The van der Waals surface area contributed by atoms with Gasteiger partial charge in [-0.05, 0) is 123 Å². The molecule has 0 radical (unpaired) electrons. The van der Waals surface area contributed by atoms with E-state index in [1.54, 1.807) is 6.20 Å². The number of nitrogens with two attached hydrogens (primary N) is 2. The van der Waals surface area contributed by atoms with Crippen LogP contribution in [0.25, 0.3) is 22.2 Å². The molecule has 0 aliphatic carbocycles. The molecule has 1 aliphatic rings. The second kappa shape index (κ2) is 20.9. The Labute approximate surface area is 315 Å². The molecule has 280 valence electrons. The molecule has 0 spiro atoms. The highest BCUT2D eigenvalue weighted by Crippen LogP contribution is 2.38. The molecule has 2 aromatic carbocycles. The van der Waals surface area contributed by atoms with Gasteiger partial charge in [-0.1, -0.05) is 46.6 Å². The van der Waals surface area contributed by atoms with Crippen molar-refractivity contribution < 1.29 is 0 Å². The average Bonchev–Trinajstić information content (AvgIpc) is 3.54. The van der Waals surface area contributed by atoms with Crippen LogP contribution < -0.4 is 21.8 Å². The monoisotopic (exact) mass is 778 g/mol. The van der Waals surface area contributed by atoms with Crippen LogP contribution in [-0.4, -0.2) is 53.7 Å². The second-order valence-electron chi connectivity index (χ2n) is 10.8. The Hall–Kier alpha value is -6.80. The number of nitrogen functional groups attached to an aromatic ring is 1. The lowest BCUT2D eigenvalue weighted by Gasteiger charge is -2.24. The van der Waals surface area contributed by atoms with E-state index in [2.05, 4.69) is 144 Å². The van der Waals surface area contributed by atoms with Gasteiger partial charge in [0.05, 0.1) is 44.5 Å². The van der Waals surface area contributed by atoms with E-state index in [0.29, 0.717) is 33.1 Å². The Bertz CT molecular complexity index is 2120. The Kier molecular flexibility index (Phi) is 15.5. The summed E-state index contributed by atoms with van der Waals surface area (Å²) >= 11 is 13.2. The van der Waals surface area contributed by atoms with Crippen LogP contribution in [0.3, 0.4) is 0 Å². The maximum atomic E-state index is 6.63. The lowest BCUT2D eigenvalue weighted by atomic mass is 10.0. The Morgan fingerprint density at radius 2 is 1.48 bits per heavy atom. The van der Waals surface area contributed by atoms with E-state index in [-0.39, 0.29) is 0 Å². The Morgan fingerprint density at radius 1 is 0.852 bits per heavy atom. The predicted octanol–water partition coefficient (Wildman–Crippen LogP) is 8.50. The van der Waals surface area contributed by atoms with Crippen molar-refractivity contribution in [2.24, 2.45) is 94.6 Å². The summed E-state index contributed by atoms with van der Waals surface area (Å²) in [6.45, 7) is 2.73. The number of nitrogens with zero attached hydrogens (tertiary/aromatic N) is 22. The SMILES string of the molecule is CN(C)CCN(C)c1cc(Cl)c(Nc2ncc(Cl)c(-c3cn4c5c(cccc35)CCC4)n2)cc1N.N=N/N=N/N=N/N=N/N=N/N=N/N=N/N=N/N=N/N. The van der Waals surface area contributed by atoms with E-state index in [4.69, 9.17) is 39.5 Å². The van der Waals surface area contributed by atoms with Gasteiger partial charge in [0, 0.05) is 49.1 Å². The number of hydrogen-bond acceptors (Lipinski definition) is 8. The van der Waals surface area contributed by atoms with Crippen LogP contribution in [0.1, 0.15) is 12.0 Å². The van der Waals surface area contributed by atoms with Crippen LogP contribution in [0.5, 0.6) is 0 Å². The third-order valence-electron chi connectivity index (χ3n) is 7.14. The van der Waals surface area contributed by atoms with Crippen LogP contribution >= 0.6 is 23.2 Å². The fourth-order valence-electron chi connectivity index (χ4n) is 4.93. The number of para-hydroxylation sites is 1. The van der Waals surface area contributed by atoms with E-state index >= 15 is 0 Å². The van der Waals surface area contributed by atoms with Crippen molar-refractivity contribution in [3.05, 3.63) is 58.3 Å². The van der Waals surface area contributed by atoms with Crippen molar-refractivity contribution in [3.8, 4) is 11.3 Å². The summed E-state index contributed by atoms with van der Waals surface area (Å²) < 4.78 is 2.30. The number of anilines is 4. The van der Waals surface area contributed by atoms with Crippen LogP contribution in [0.15, 0.2) is 132 Å². The summed E-state index contributed by atoms with van der Waals surface area (Å²) in [6, 6.07) is 10.1. The quantitative estimate of drug-likeness (QED) is 0.0394. The zero-order valence-electron chi connectivity index (χ0n) is 28.8. The summed E-state index contributed by atoms with van der Waals surface area (Å²) in [5, 5.41) is 54.7. The summed E-state index contributed by atoms with van der Waals surface area (Å²) in [5.41, 5.74) is 19.0. The van der Waals surface area contributed by atoms with Gasteiger partial charge in [-0.3, -0.25) is 0 Å². The molecule has 26 nitrogen and oxygen atoms in total.